The molecule has 5 atom stereocenters. The molecule has 2 heterocycles. The third-order valence-electron chi connectivity index (χ3n) is 14.3. The highest BCUT2D eigenvalue weighted by Gasteiger charge is 2.34. The Kier molecular flexibility index (Phi) is 9.36. The van der Waals surface area contributed by atoms with Crippen LogP contribution in [0.1, 0.15) is 83.4 Å². The van der Waals surface area contributed by atoms with Crippen LogP contribution in [0.4, 0.5) is 0 Å². The topological polar surface area (TPSA) is 29.6 Å². The number of amidine groups is 1. The molecule has 0 spiro atoms. The van der Waals surface area contributed by atoms with Crippen LogP contribution in [-0.2, 0) is 6.42 Å². The number of para-hydroxylation sites is 1. The lowest BCUT2D eigenvalue weighted by atomic mass is 9.81. The Balaban J connectivity index is 0.964. The summed E-state index contributed by atoms with van der Waals surface area (Å²) in [5.41, 5.74) is 16.6. The number of nitrogens with zero attached hydrogens (tertiary/aromatic N) is 3. The van der Waals surface area contributed by atoms with Gasteiger partial charge in [-0.2, -0.15) is 0 Å². The van der Waals surface area contributed by atoms with Crippen LogP contribution in [0.2, 0.25) is 0 Å². The summed E-state index contributed by atoms with van der Waals surface area (Å²) in [6.45, 7) is 2.33. The molecule has 4 aliphatic carbocycles. The van der Waals surface area contributed by atoms with Gasteiger partial charge < -0.3 is 4.57 Å². The third-order valence-corrected chi connectivity index (χ3v) is 14.3. The van der Waals surface area contributed by atoms with Crippen LogP contribution in [0, 0.1) is 5.92 Å². The number of allylic oxidation sites excluding steroid dienone is 8. The summed E-state index contributed by atoms with van der Waals surface area (Å²) in [5, 5.41) is 3.79. The molecule has 0 bridgehead atoms. The van der Waals surface area contributed by atoms with Crippen LogP contribution in [0.25, 0.3) is 39.9 Å². The zero-order valence-corrected chi connectivity index (χ0v) is 35.6. The lowest BCUT2D eigenvalue weighted by molar-refractivity contribution is 0.591. The minimum atomic E-state index is -0.0679. The number of benzene rings is 6. The molecule has 0 N–H and O–H groups in total. The van der Waals surface area contributed by atoms with Gasteiger partial charge in [0.2, 0.25) is 0 Å². The lowest BCUT2D eigenvalue weighted by Crippen LogP contribution is -2.31. The Morgan fingerprint density at radius 2 is 1.33 bits per heavy atom. The number of rotatable bonds is 7. The Hall–Kier alpha value is -7.10. The smallest absolute Gasteiger partial charge is 0.155 e. The maximum Gasteiger partial charge on any atom is 0.155 e. The summed E-state index contributed by atoms with van der Waals surface area (Å²) in [4.78, 5) is 11.2. The molecule has 3 nitrogen and oxygen atoms in total. The maximum absolute atomic E-state index is 5.59. The largest absolute Gasteiger partial charge is 0.310 e. The highest BCUT2D eigenvalue weighted by Crippen LogP contribution is 2.45. The summed E-state index contributed by atoms with van der Waals surface area (Å²) in [6.07, 6.45) is 22.8. The summed E-state index contributed by atoms with van der Waals surface area (Å²) in [5.74, 6) is 2.07. The Morgan fingerprint density at radius 1 is 0.619 bits per heavy atom. The average molecular weight is 812 g/mol. The molecule has 6 aromatic carbocycles. The van der Waals surface area contributed by atoms with Crippen molar-refractivity contribution in [2.24, 2.45) is 15.9 Å². The van der Waals surface area contributed by atoms with Crippen molar-refractivity contribution in [3.63, 3.8) is 0 Å². The van der Waals surface area contributed by atoms with Crippen molar-refractivity contribution in [2.45, 2.75) is 56.4 Å². The molecule has 0 amide bonds. The van der Waals surface area contributed by atoms with Gasteiger partial charge in [-0.25, -0.2) is 4.99 Å². The quantitative estimate of drug-likeness (QED) is 0.153. The molecule has 0 fully saturated rings. The second-order valence-electron chi connectivity index (χ2n) is 18.0. The maximum atomic E-state index is 5.59. The van der Waals surface area contributed by atoms with Gasteiger partial charge in [-0.1, -0.05) is 195 Å². The molecule has 304 valence electrons. The monoisotopic (exact) mass is 811 g/mol. The second-order valence-corrected chi connectivity index (χ2v) is 18.0. The molecule has 4 unspecified atom stereocenters. The Labute approximate surface area is 369 Å². The third kappa shape index (κ3) is 6.75. The van der Waals surface area contributed by atoms with E-state index in [2.05, 4.69) is 212 Å². The highest BCUT2D eigenvalue weighted by atomic mass is 15.0. The van der Waals surface area contributed by atoms with E-state index < -0.39 is 0 Å². The van der Waals surface area contributed by atoms with E-state index in [4.69, 9.17) is 9.98 Å². The fraction of sp³-hybridized carbons (Fsp3) is 0.167. The van der Waals surface area contributed by atoms with Crippen molar-refractivity contribution in [3.05, 3.63) is 243 Å². The van der Waals surface area contributed by atoms with E-state index in [1.54, 1.807) is 0 Å². The number of hydrogen-bond donors (Lipinski definition) is 0. The highest BCUT2D eigenvalue weighted by molar-refractivity contribution is 6.16. The van der Waals surface area contributed by atoms with E-state index in [1.807, 2.05) is 0 Å². The lowest BCUT2D eigenvalue weighted by Gasteiger charge is -2.30. The number of aromatic nitrogens is 1. The number of fused-ring (bicyclic) bond motifs is 6. The molecule has 5 aliphatic rings. The van der Waals surface area contributed by atoms with Crippen LogP contribution < -0.4 is 10.6 Å². The first-order valence-electron chi connectivity index (χ1n) is 22.8. The molecule has 7 aromatic rings. The van der Waals surface area contributed by atoms with Gasteiger partial charge in [0, 0.05) is 50.9 Å². The van der Waals surface area contributed by atoms with E-state index in [9.17, 15) is 0 Å². The van der Waals surface area contributed by atoms with Gasteiger partial charge in [0.05, 0.1) is 17.3 Å². The Morgan fingerprint density at radius 3 is 2.14 bits per heavy atom. The van der Waals surface area contributed by atoms with Crippen molar-refractivity contribution < 1.29 is 0 Å². The SMILES string of the molecule is CC1C(C2=CCC3C(=C2)Cc2ccccc23)=NC(c2ccc3c4c(n(-c5ccccc5)c3c2)=CCC(c2ccc(-c3ccccc3)cc2)C=4)=N[C@@H]1c1ccc(C2C=CC=CC2)cc1. The second kappa shape index (κ2) is 15.7. The van der Waals surface area contributed by atoms with Crippen LogP contribution in [0.5, 0.6) is 0 Å². The predicted molar refractivity (Wildman–Crippen MR) is 262 cm³/mol. The van der Waals surface area contributed by atoms with E-state index >= 15 is 0 Å². The van der Waals surface area contributed by atoms with E-state index in [0.717, 1.165) is 48.5 Å². The minimum absolute atomic E-state index is 0.0679. The van der Waals surface area contributed by atoms with Gasteiger partial charge >= 0.3 is 0 Å². The summed E-state index contributed by atoms with van der Waals surface area (Å²) in [6, 6.07) is 55.8. The standard InChI is InChI=1S/C60H49N3/c1-39-58(45-27-25-43(26-28-45)41-15-7-3-8-16-41)61-60(62-59(39)48-29-32-53-50(36-48)35-47-17-11-12-20-52(47)53)49-30-33-54-55-37-46(44-23-21-42(22-24-44)40-13-5-2-6-14-40)31-34-56(55)63(57(54)38-49)51-18-9-4-10-19-51/h2-15,17-30,33-34,36-39,41,46,53,58H,16,31-32,35H2,1H3/t39?,41?,46?,53?,58-/m0/s1. The fourth-order valence-electron chi connectivity index (χ4n) is 10.9. The van der Waals surface area contributed by atoms with Crippen LogP contribution in [0.15, 0.2) is 209 Å². The van der Waals surface area contributed by atoms with Gasteiger partial charge in [0.15, 0.2) is 5.84 Å². The summed E-state index contributed by atoms with van der Waals surface area (Å²) < 4.78 is 2.45. The molecule has 0 saturated heterocycles. The summed E-state index contributed by atoms with van der Waals surface area (Å²) >= 11 is 0. The molecule has 0 radical (unpaired) electrons. The molecule has 1 aliphatic heterocycles. The van der Waals surface area contributed by atoms with E-state index in [0.29, 0.717) is 11.8 Å². The van der Waals surface area contributed by atoms with Gasteiger partial charge in [0.1, 0.15) is 0 Å². The van der Waals surface area contributed by atoms with Crippen LogP contribution in [-0.4, -0.2) is 16.1 Å². The van der Waals surface area contributed by atoms with Crippen LogP contribution in [0.3, 0.4) is 0 Å². The molecule has 3 heteroatoms. The average Bonchev–Trinajstić information content (AvgIpc) is 3.89. The molecule has 1 aromatic heterocycles. The fourth-order valence-corrected chi connectivity index (χ4v) is 10.9. The van der Waals surface area contributed by atoms with Crippen molar-refractivity contribution in [3.8, 4) is 16.8 Å². The van der Waals surface area contributed by atoms with E-state index in [-0.39, 0.29) is 17.9 Å². The first-order valence-corrected chi connectivity index (χ1v) is 22.8. The number of hydrogen-bond acceptors (Lipinski definition) is 2. The normalized spacial score (nSPS) is 22.1. The zero-order chi connectivity index (χ0) is 41.9. The van der Waals surface area contributed by atoms with Gasteiger partial charge in [-0.15, -0.1) is 0 Å². The van der Waals surface area contributed by atoms with Crippen molar-refractivity contribution in [1.29, 1.82) is 0 Å². The Bertz CT molecular complexity index is 3230. The van der Waals surface area contributed by atoms with Gasteiger partial charge in [-0.05, 0) is 88.4 Å². The van der Waals surface area contributed by atoms with Crippen LogP contribution >= 0.6 is 0 Å². The van der Waals surface area contributed by atoms with Crippen molar-refractivity contribution in [2.75, 3.05) is 0 Å². The molecule has 0 saturated carbocycles. The molecular formula is C60H49N3. The van der Waals surface area contributed by atoms with Crippen molar-refractivity contribution >= 4 is 34.6 Å². The predicted octanol–water partition coefficient (Wildman–Crippen LogP) is 12.8. The number of aliphatic imine (C=N–C) groups is 2. The molecule has 63 heavy (non-hydrogen) atoms. The zero-order valence-electron chi connectivity index (χ0n) is 35.6. The first kappa shape index (κ1) is 37.6. The van der Waals surface area contributed by atoms with Crippen molar-refractivity contribution in [1.82, 2.24) is 4.57 Å². The molecule has 12 rings (SSSR count). The minimum Gasteiger partial charge on any atom is -0.310 e. The summed E-state index contributed by atoms with van der Waals surface area (Å²) in [7, 11) is 0. The van der Waals surface area contributed by atoms with Gasteiger partial charge in [0.25, 0.3) is 0 Å². The van der Waals surface area contributed by atoms with E-state index in [1.165, 1.54) is 71.6 Å². The first-order chi connectivity index (χ1) is 31.1. The van der Waals surface area contributed by atoms with Gasteiger partial charge in [-0.3, -0.25) is 4.99 Å². The molecular weight excluding hydrogens is 763 g/mol.